The number of hydrogen-bond acceptors (Lipinski definition) is 0. The second-order valence-electron chi connectivity index (χ2n) is 4.75. The normalized spacial score (nSPS) is 45.8. The molecule has 1 rings (SSSR count). The SMILES string of the molecule is CC[N+]1(C)C[C@@H](C)C[C@H](C)C1. The van der Waals surface area contributed by atoms with Crippen LogP contribution in [0.15, 0.2) is 0 Å². The molecule has 0 N–H and O–H groups in total. The molecule has 0 bridgehead atoms. The number of likely N-dealkylation sites (tertiary alicyclic amines) is 1. The van der Waals surface area contributed by atoms with E-state index in [0.717, 1.165) is 11.8 Å². The Bertz CT molecular complexity index is 121. The van der Waals surface area contributed by atoms with Gasteiger partial charge in [-0.15, -0.1) is 0 Å². The molecular formula is C10H22N+. The molecule has 1 aliphatic rings. The molecule has 0 radical (unpaired) electrons. The van der Waals surface area contributed by atoms with Crippen molar-refractivity contribution in [1.82, 2.24) is 0 Å². The molecule has 0 aromatic carbocycles. The third-order valence-electron chi connectivity index (χ3n) is 3.07. The van der Waals surface area contributed by atoms with Crippen LogP contribution >= 0.6 is 0 Å². The summed E-state index contributed by atoms with van der Waals surface area (Å²) in [5.41, 5.74) is 0. The Labute approximate surface area is 71.0 Å². The van der Waals surface area contributed by atoms with Gasteiger partial charge in [-0.05, 0) is 13.3 Å². The van der Waals surface area contributed by atoms with E-state index in [1.165, 1.54) is 30.5 Å². The van der Waals surface area contributed by atoms with Crippen LogP contribution in [0.5, 0.6) is 0 Å². The highest BCUT2D eigenvalue weighted by atomic mass is 15.3. The van der Waals surface area contributed by atoms with Crippen molar-refractivity contribution >= 4 is 0 Å². The van der Waals surface area contributed by atoms with E-state index in [4.69, 9.17) is 0 Å². The van der Waals surface area contributed by atoms with Gasteiger partial charge >= 0.3 is 0 Å². The molecule has 0 aromatic heterocycles. The van der Waals surface area contributed by atoms with Crippen molar-refractivity contribution in [2.45, 2.75) is 27.2 Å². The third kappa shape index (κ3) is 2.19. The van der Waals surface area contributed by atoms with Gasteiger partial charge in [0.2, 0.25) is 0 Å². The van der Waals surface area contributed by atoms with Crippen molar-refractivity contribution in [3.8, 4) is 0 Å². The molecule has 1 saturated heterocycles. The summed E-state index contributed by atoms with van der Waals surface area (Å²) < 4.78 is 1.29. The first-order valence-corrected chi connectivity index (χ1v) is 4.89. The average molecular weight is 156 g/mol. The summed E-state index contributed by atoms with van der Waals surface area (Å²) in [6, 6.07) is 0. The van der Waals surface area contributed by atoms with E-state index in [2.05, 4.69) is 27.8 Å². The van der Waals surface area contributed by atoms with E-state index in [1.54, 1.807) is 0 Å². The van der Waals surface area contributed by atoms with Crippen LogP contribution in [0.1, 0.15) is 27.2 Å². The minimum Gasteiger partial charge on any atom is -0.326 e. The lowest BCUT2D eigenvalue weighted by Crippen LogP contribution is -2.52. The standard InChI is InChI=1S/C10H22N/c1-5-11(4)7-9(2)6-10(3)8-11/h9-10H,5-8H2,1-4H3/q+1/t9-,10-/m0/s1. The Kier molecular flexibility index (Phi) is 2.58. The predicted molar refractivity (Wildman–Crippen MR) is 49.4 cm³/mol. The van der Waals surface area contributed by atoms with Crippen LogP contribution in [0.2, 0.25) is 0 Å². The summed E-state index contributed by atoms with van der Waals surface area (Å²) in [4.78, 5) is 0. The number of hydrogen-bond donors (Lipinski definition) is 0. The smallest absolute Gasteiger partial charge is 0.0810 e. The monoisotopic (exact) mass is 156 g/mol. The molecule has 0 spiro atoms. The molecule has 1 fully saturated rings. The molecule has 1 aliphatic heterocycles. The van der Waals surface area contributed by atoms with Gasteiger partial charge in [-0.1, -0.05) is 13.8 Å². The van der Waals surface area contributed by atoms with E-state index in [1.807, 2.05) is 0 Å². The van der Waals surface area contributed by atoms with Gasteiger partial charge < -0.3 is 4.48 Å². The zero-order valence-corrected chi connectivity index (χ0v) is 8.43. The summed E-state index contributed by atoms with van der Waals surface area (Å²) in [7, 11) is 2.40. The van der Waals surface area contributed by atoms with Crippen LogP contribution in [0, 0.1) is 11.8 Å². The summed E-state index contributed by atoms with van der Waals surface area (Å²) in [5.74, 6) is 1.87. The Morgan fingerprint density at radius 1 is 1.18 bits per heavy atom. The van der Waals surface area contributed by atoms with E-state index in [-0.39, 0.29) is 0 Å². The highest BCUT2D eigenvalue weighted by Crippen LogP contribution is 2.25. The maximum absolute atomic E-state index is 2.40. The van der Waals surface area contributed by atoms with Crippen molar-refractivity contribution in [2.75, 3.05) is 26.7 Å². The Balaban J connectivity index is 2.55. The Hall–Kier alpha value is -0.0400. The maximum Gasteiger partial charge on any atom is 0.0810 e. The first kappa shape index (κ1) is 9.05. The molecule has 0 aromatic rings. The largest absolute Gasteiger partial charge is 0.326 e. The lowest BCUT2D eigenvalue weighted by molar-refractivity contribution is -0.919. The lowest BCUT2D eigenvalue weighted by Gasteiger charge is -2.42. The van der Waals surface area contributed by atoms with E-state index in [0.29, 0.717) is 0 Å². The summed E-state index contributed by atoms with van der Waals surface area (Å²) in [6.45, 7) is 11.2. The topological polar surface area (TPSA) is 0 Å². The zero-order chi connectivity index (χ0) is 8.48. The number of rotatable bonds is 1. The van der Waals surface area contributed by atoms with Gasteiger partial charge in [0, 0.05) is 11.8 Å². The Morgan fingerprint density at radius 2 is 1.64 bits per heavy atom. The van der Waals surface area contributed by atoms with Crippen molar-refractivity contribution < 1.29 is 4.48 Å². The quantitative estimate of drug-likeness (QED) is 0.510. The van der Waals surface area contributed by atoms with Gasteiger partial charge in [0.15, 0.2) is 0 Å². The lowest BCUT2D eigenvalue weighted by atomic mass is 9.90. The second kappa shape index (κ2) is 3.14. The van der Waals surface area contributed by atoms with Gasteiger partial charge in [-0.25, -0.2) is 0 Å². The van der Waals surface area contributed by atoms with Gasteiger partial charge in [0.05, 0.1) is 26.7 Å². The zero-order valence-electron chi connectivity index (χ0n) is 8.43. The van der Waals surface area contributed by atoms with E-state index in [9.17, 15) is 0 Å². The van der Waals surface area contributed by atoms with Crippen molar-refractivity contribution in [2.24, 2.45) is 11.8 Å². The predicted octanol–water partition coefficient (Wildman–Crippen LogP) is 2.13. The summed E-state index contributed by atoms with van der Waals surface area (Å²) in [5, 5.41) is 0. The molecule has 66 valence electrons. The molecule has 1 heterocycles. The maximum atomic E-state index is 2.40. The average Bonchev–Trinajstić information content (AvgIpc) is 1.84. The summed E-state index contributed by atoms with van der Waals surface area (Å²) >= 11 is 0. The molecule has 0 aliphatic carbocycles. The molecule has 0 saturated carbocycles. The molecule has 0 unspecified atom stereocenters. The van der Waals surface area contributed by atoms with Gasteiger partial charge in [-0.2, -0.15) is 0 Å². The van der Waals surface area contributed by atoms with Crippen LogP contribution in [-0.2, 0) is 0 Å². The highest BCUT2D eigenvalue weighted by molar-refractivity contribution is 4.64. The molecular weight excluding hydrogens is 134 g/mol. The van der Waals surface area contributed by atoms with Crippen LogP contribution in [-0.4, -0.2) is 31.2 Å². The number of piperidine rings is 1. The molecule has 2 atom stereocenters. The molecule has 1 nitrogen and oxygen atoms in total. The Morgan fingerprint density at radius 3 is 2.00 bits per heavy atom. The summed E-state index contributed by atoms with van der Waals surface area (Å²) in [6.07, 6.45) is 1.44. The fourth-order valence-corrected chi connectivity index (χ4v) is 2.67. The van der Waals surface area contributed by atoms with Gasteiger partial charge in [0.25, 0.3) is 0 Å². The van der Waals surface area contributed by atoms with Crippen molar-refractivity contribution in [3.05, 3.63) is 0 Å². The number of nitrogens with zero attached hydrogens (tertiary/aromatic N) is 1. The van der Waals surface area contributed by atoms with Crippen LogP contribution in [0.4, 0.5) is 0 Å². The van der Waals surface area contributed by atoms with Gasteiger partial charge in [-0.3, -0.25) is 0 Å². The van der Waals surface area contributed by atoms with Crippen LogP contribution in [0.25, 0.3) is 0 Å². The van der Waals surface area contributed by atoms with Crippen molar-refractivity contribution in [3.63, 3.8) is 0 Å². The number of quaternary nitrogens is 1. The molecule has 11 heavy (non-hydrogen) atoms. The van der Waals surface area contributed by atoms with Crippen LogP contribution in [0.3, 0.4) is 0 Å². The minimum absolute atomic E-state index is 0.934. The van der Waals surface area contributed by atoms with Crippen molar-refractivity contribution in [1.29, 1.82) is 0 Å². The fourth-order valence-electron chi connectivity index (χ4n) is 2.67. The first-order chi connectivity index (χ1) is 5.06. The van der Waals surface area contributed by atoms with E-state index < -0.39 is 0 Å². The fraction of sp³-hybridized carbons (Fsp3) is 1.00. The van der Waals surface area contributed by atoms with E-state index >= 15 is 0 Å². The highest BCUT2D eigenvalue weighted by Gasteiger charge is 2.31. The van der Waals surface area contributed by atoms with Gasteiger partial charge in [0.1, 0.15) is 0 Å². The first-order valence-electron chi connectivity index (χ1n) is 4.89. The van der Waals surface area contributed by atoms with Crippen LogP contribution < -0.4 is 0 Å². The third-order valence-corrected chi connectivity index (χ3v) is 3.07. The second-order valence-corrected chi connectivity index (χ2v) is 4.75. The minimum atomic E-state index is 0.934. The molecule has 0 amide bonds. The molecule has 1 heteroatoms.